The summed E-state index contributed by atoms with van der Waals surface area (Å²) < 4.78 is 13.1. The van der Waals surface area contributed by atoms with E-state index in [4.69, 9.17) is 5.26 Å². The van der Waals surface area contributed by atoms with Gasteiger partial charge in [-0.2, -0.15) is 5.26 Å². The molecule has 78 valence electrons. The van der Waals surface area contributed by atoms with Crippen molar-refractivity contribution in [3.63, 3.8) is 0 Å². The van der Waals surface area contributed by atoms with E-state index in [0.717, 1.165) is 24.8 Å². The number of rotatable bonds is 3. The van der Waals surface area contributed by atoms with Crippen LogP contribution in [0.2, 0.25) is 0 Å². The second-order valence-corrected chi connectivity index (χ2v) is 4.13. The molecule has 0 aliphatic heterocycles. The Morgan fingerprint density at radius 3 is 2.80 bits per heavy atom. The van der Waals surface area contributed by atoms with Gasteiger partial charge in [0, 0.05) is 5.54 Å². The van der Waals surface area contributed by atoms with Gasteiger partial charge in [-0.1, -0.05) is 6.07 Å². The van der Waals surface area contributed by atoms with Gasteiger partial charge in [-0.05, 0) is 44.0 Å². The summed E-state index contributed by atoms with van der Waals surface area (Å²) in [5.74, 6) is -0.435. The molecule has 1 aliphatic rings. The second kappa shape index (κ2) is 3.63. The number of hydrogen-bond acceptors (Lipinski definition) is 2. The highest BCUT2D eigenvalue weighted by atomic mass is 19.1. The quantitative estimate of drug-likeness (QED) is 0.817. The molecule has 2 nitrogen and oxygen atoms in total. The molecule has 1 saturated carbocycles. The van der Waals surface area contributed by atoms with E-state index >= 15 is 0 Å². The summed E-state index contributed by atoms with van der Waals surface area (Å²) >= 11 is 0. The van der Waals surface area contributed by atoms with Crippen LogP contribution in [0.4, 0.5) is 4.39 Å². The first-order valence-corrected chi connectivity index (χ1v) is 5.06. The van der Waals surface area contributed by atoms with Crippen LogP contribution in [0.3, 0.4) is 0 Å². The summed E-state index contributed by atoms with van der Waals surface area (Å²) in [4.78, 5) is 0. The topological polar surface area (TPSA) is 35.8 Å². The smallest absolute Gasteiger partial charge is 0.140 e. The summed E-state index contributed by atoms with van der Waals surface area (Å²) in [7, 11) is 1.95. The molecule has 0 saturated heterocycles. The van der Waals surface area contributed by atoms with Crippen LogP contribution in [0.25, 0.3) is 0 Å². The Bertz CT molecular complexity index is 416. The van der Waals surface area contributed by atoms with Gasteiger partial charge in [0.05, 0.1) is 5.56 Å². The van der Waals surface area contributed by atoms with Crippen LogP contribution in [0.1, 0.15) is 24.0 Å². The Labute approximate surface area is 88.7 Å². The van der Waals surface area contributed by atoms with E-state index in [0.29, 0.717) is 0 Å². The zero-order valence-electron chi connectivity index (χ0n) is 8.68. The van der Waals surface area contributed by atoms with Gasteiger partial charge in [0.1, 0.15) is 11.9 Å². The van der Waals surface area contributed by atoms with Crippen molar-refractivity contribution < 1.29 is 4.39 Å². The fourth-order valence-electron chi connectivity index (χ4n) is 1.82. The molecule has 0 unspecified atom stereocenters. The lowest BCUT2D eigenvalue weighted by molar-refractivity contribution is 0.547. The van der Waals surface area contributed by atoms with Gasteiger partial charge in [-0.25, -0.2) is 4.39 Å². The number of nitriles is 1. The van der Waals surface area contributed by atoms with Crippen LogP contribution in [-0.4, -0.2) is 12.6 Å². The Kier molecular flexibility index (Phi) is 2.45. The molecular formula is C12H13FN2. The lowest BCUT2D eigenvalue weighted by Crippen LogP contribution is -2.29. The molecule has 1 aromatic carbocycles. The normalized spacial score (nSPS) is 17.1. The van der Waals surface area contributed by atoms with Crippen molar-refractivity contribution in [3.8, 4) is 6.07 Å². The van der Waals surface area contributed by atoms with Crippen molar-refractivity contribution >= 4 is 0 Å². The molecule has 0 atom stereocenters. The van der Waals surface area contributed by atoms with Gasteiger partial charge in [0.15, 0.2) is 0 Å². The number of benzene rings is 1. The van der Waals surface area contributed by atoms with Crippen LogP contribution >= 0.6 is 0 Å². The maximum absolute atomic E-state index is 13.1. The first-order valence-electron chi connectivity index (χ1n) is 5.06. The van der Waals surface area contributed by atoms with Crippen LogP contribution in [-0.2, 0) is 6.42 Å². The summed E-state index contributed by atoms with van der Waals surface area (Å²) in [6.07, 6.45) is 3.18. The van der Waals surface area contributed by atoms with E-state index in [1.807, 2.05) is 13.1 Å². The fraction of sp³-hybridized carbons (Fsp3) is 0.417. The Morgan fingerprint density at radius 2 is 2.27 bits per heavy atom. The van der Waals surface area contributed by atoms with Crippen molar-refractivity contribution in [2.45, 2.75) is 24.8 Å². The Morgan fingerprint density at radius 1 is 1.53 bits per heavy atom. The molecular weight excluding hydrogens is 191 g/mol. The minimum atomic E-state index is -0.435. The van der Waals surface area contributed by atoms with E-state index in [-0.39, 0.29) is 11.1 Å². The highest BCUT2D eigenvalue weighted by molar-refractivity contribution is 5.35. The lowest BCUT2D eigenvalue weighted by atomic mass is 10.0. The maximum atomic E-state index is 13.1. The predicted octanol–water partition coefficient (Wildman–Crippen LogP) is 1.99. The van der Waals surface area contributed by atoms with Crippen molar-refractivity contribution in [1.82, 2.24) is 5.32 Å². The van der Waals surface area contributed by atoms with Gasteiger partial charge < -0.3 is 5.32 Å². The van der Waals surface area contributed by atoms with Gasteiger partial charge in [-0.15, -0.1) is 0 Å². The minimum absolute atomic E-state index is 0.138. The number of halogens is 1. The number of nitrogens with zero attached hydrogens (tertiary/aromatic N) is 1. The Balaban J connectivity index is 2.20. The third-order valence-corrected chi connectivity index (χ3v) is 3.08. The molecule has 3 heteroatoms. The molecule has 1 N–H and O–H groups in total. The Hall–Kier alpha value is -1.40. The van der Waals surface area contributed by atoms with Gasteiger partial charge >= 0.3 is 0 Å². The zero-order chi connectivity index (χ0) is 10.9. The standard InChI is InChI=1S/C12H13FN2/c1-15-12(4-5-12)7-9-2-3-11(13)10(6-9)8-14/h2-3,6,15H,4-5,7H2,1H3. The molecule has 0 radical (unpaired) electrons. The molecule has 1 aromatic rings. The molecule has 1 fully saturated rings. The molecule has 1 aliphatic carbocycles. The number of nitrogens with one attached hydrogen (secondary N) is 1. The SMILES string of the molecule is CNC1(Cc2ccc(F)c(C#N)c2)CC1. The van der Waals surface area contributed by atoms with E-state index in [1.54, 1.807) is 12.1 Å². The van der Waals surface area contributed by atoms with Crippen LogP contribution in [0.15, 0.2) is 18.2 Å². The zero-order valence-corrected chi connectivity index (χ0v) is 8.68. The number of likely N-dealkylation sites (N-methyl/N-ethyl adjacent to an activating group) is 1. The summed E-state index contributed by atoms with van der Waals surface area (Å²) in [5, 5.41) is 12.0. The summed E-state index contributed by atoms with van der Waals surface area (Å²) in [5.41, 5.74) is 1.36. The predicted molar refractivity (Wildman–Crippen MR) is 55.8 cm³/mol. The molecule has 0 heterocycles. The van der Waals surface area contributed by atoms with Crippen molar-refractivity contribution in [2.75, 3.05) is 7.05 Å². The minimum Gasteiger partial charge on any atom is -0.314 e. The van der Waals surface area contributed by atoms with E-state index < -0.39 is 5.82 Å². The molecule has 0 aromatic heterocycles. The highest BCUT2D eigenvalue weighted by Gasteiger charge is 2.40. The first-order chi connectivity index (χ1) is 7.19. The maximum Gasteiger partial charge on any atom is 0.140 e. The largest absolute Gasteiger partial charge is 0.314 e. The lowest BCUT2D eigenvalue weighted by Gasteiger charge is -2.13. The molecule has 2 rings (SSSR count). The van der Waals surface area contributed by atoms with Gasteiger partial charge in [0.2, 0.25) is 0 Å². The monoisotopic (exact) mass is 204 g/mol. The third kappa shape index (κ3) is 2.00. The molecule has 0 spiro atoms. The third-order valence-electron chi connectivity index (χ3n) is 3.08. The van der Waals surface area contributed by atoms with E-state index in [1.165, 1.54) is 6.07 Å². The van der Waals surface area contributed by atoms with E-state index in [2.05, 4.69) is 5.32 Å². The van der Waals surface area contributed by atoms with Crippen molar-refractivity contribution in [1.29, 1.82) is 5.26 Å². The number of hydrogen-bond donors (Lipinski definition) is 1. The summed E-state index contributed by atoms with van der Waals surface area (Å²) in [6, 6.07) is 6.64. The fourth-order valence-corrected chi connectivity index (χ4v) is 1.82. The summed E-state index contributed by atoms with van der Waals surface area (Å²) in [6.45, 7) is 0. The average Bonchev–Trinajstić information content (AvgIpc) is 3.02. The van der Waals surface area contributed by atoms with Crippen LogP contribution in [0.5, 0.6) is 0 Å². The van der Waals surface area contributed by atoms with Gasteiger partial charge in [-0.3, -0.25) is 0 Å². The first kappa shape index (κ1) is 10.1. The van der Waals surface area contributed by atoms with Crippen molar-refractivity contribution in [2.24, 2.45) is 0 Å². The van der Waals surface area contributed by atoms with Crippen LogP contribution in [0, 0.1) is 17.1 Å². The van der Waals surface area contributed by atoms with Gasteiger partial charge in [0.25, 0.3) is 0 Å². The average molecular weight is 204 g/mol. The molecule has 15 heavy (non-hydrogen) atoms. The van der Waals surface area contributed by atoms with Crippen LogP contribution < -0.4 is 5.32 Å². The van der Waals surface area contributed by atoms with Crippen molar-refractivity contribution in [3.05, 3.63) is 35.1 Å². The highest BCUT2D eigenvalue weighted by Crippen LogP contribution is 2.38. The molecule has 0 bridgehead atoms. The van der Waals surface area contributed by atoms with E-state index in [9.17, 15) is 4.39 Å². The molecule has 0 amide bonds. The second-order valence-electron chi connectivity index (χ2n) is 4.13.